The second-order valence-electron chi connectivity index (χ2n) is 2.45. The fraction of sp³-hybridized carbons (Fsp3) is 0. The van der Waals surface area contributed by atoms with E-state index >= 15 is 0 Å². The predicted molar refractivity (Wildman–Crippen MR) is 44.4 cm³/mol. The highest BCUT2D eigenvalue weighted by atomic mass is 19.1. The first kappa shape index (κ1) is 10.5. The van der Waals surface area contributed by atoms with Crippen LogP contribution in [-0.2, 0) is 0 Å². The van der Waals surface area contributed by atoms with Gasteiger partial charge in [0.15, 0.2) is 0 Å². The van der Waals surface area contributed by atoms with Gasteiger partial charge < -0.3 is 0 Å². The van der Waals surface area contributed by atoms with Crippen molar-refractivity contribution in [3.8, 4) is 6.07 Å². The van der Waals surface area contributed by atoms with Crippen LogP contribution in [0.1, 0.15) is 5.56 Å². The van der Waals surface area contributed by atoms with Crippen molar-refractivity contribution in [2.75, 3.05) is 0 Å². The molecule has 0 saturated carbocycles. The average Bonchev–Trinajstić information content (AvgIpc) is 2.17. The van der Waals surface area contributed by atoms with Gasteiger partial charge in [-0.1, -0.05) is 0 Å². The molecule has 0 aliphatic heterocycles. The summed E-state index contributed by atoms with van der Waals surface area (Å²) in [6.45, 7) is 0. The fourth-order valence-corrected chi connectivity index (χ4v) is 0.914. The zero-order valence-corrected chi connectivity index (χ0v) is 7.01. The largest absolute Gasteiger partial charge is 0.313 e. The van der Waals surface area contributed by atoms with E-state index in [4.69, 9.17) is 5.26 Å². The normalized spacial score (nSPS) is 9.33. The zero-order valence-electron chi connectivity index (χ0n) is 7.01. The van der Waals surface area contributed by atoms with Crippen LogP contribution in [0.15, 0.2) is 12.1 Å². The number of nitro benzene ring substituents is 2. The lowest BCUT2D eigenvalue weighted by atomic mass is 10.2. The third kappa shape index (κ3) is 1.86. The van der Waals surface area contributed by atoms with E-state index in [9.17, 15) is 24.6 Å². The highest BCUT2D eigenvalue weighted by Gasteiger charge is 2.24. The SMILES string of the molecule is N#Cc1cc([N+](=O)[O-])cc([N+](=O)[O-])c1F. The molecule has 1 rings (SSSR count). The topological polar surface area (TPSA) is 110 Å². The van der Waals surface area contributed by atoms with Crippen molar-refractivity contribution in [1.82, 2.24) is 0 Å². The van der Waals surface area contributed by atoms with Crippen LogP contribution < -0.4 is 0 Å². The molecular formula is C7H2FN3O4. The summed E-state index contributed by atoms with van der Waals surface area (Å²) in [7, 11) is 0. The number of nitro groups is 2. The molecule has 0 heterocycles. The van der Waals surface area contributed by atoms with Crippen LogP contribution in [0, 0.1) is 37.4 Å². The van der Waals surface area contributed by atoms with E-state index in [0.717, 1.165) is 0 Å². The van der Waals surface area contributed by atoms with Crippen molar-refractivity contribution in [1.29, 1.82) is 5.26 Å². The Morgan fingerprint density at radius 1 is 1.27 bits per heavy atom. The molecule has 0 atom stereocenters. The quantitative estimate of drug-likeness (QED) is 0.543. The Morgan fingerprint density at radius 3 is 2.27 bits per heavy atom. The standard InChI is InChI=1S/C7H2FN3O4/c8-7-4(3-9)1-5(10(12)13)2-6(7)11(14)15/h1-2H. The van der Waals surface area contributed by atoms with E-state index in [1.54, 1.807) is 0 Å². The Hall–Kier alpha value is -2.56. The molecule has 1 aromatic carbocycles. The molecule has 0 aromatic heterocycles. The summed E-state index contributed by atoms with van der Waals surface area (Å²) >= 11 is 0. The number of halogens is 1. The molecule has 0 saturated heterocycles. The lowest BCUT2D eigenvalue weighted by Gasteiger charge is -1.96. The van der Waals surface area contributed by atoms with Gasteiger partial charge in [-0.05, 0) is 0 Å². The molecule has 8 heteroatoms. The van der Waals surface area contributed by atoms with Gasteiger partial charge in [-0.2, -0.15) is 9.65 Å². The molecule has 0 aliphatic carbocycles. The van der Waals surface area contributed by atoms with Crippen LogP contribution in [0.2, 0.25) is 0 Å². The molecule has 15 heavy (non-hydrogen) atoms. The van der Waals surface area contributed by atoms with E-state index in [1.807, 2.05) is 0 Å². The second kappa shape index (κ2) is 3.67. The van der Waals surface area contributed by atoms with Gasteiger partial charge in [0.1, 0.15) is 11.6 Å². The molecule has 0 bridgehead atoms. The number of nitrogens with zero attached hydrogens (tertiary/aromatic N) is 3. The number of hydrogen-bond donors (Lipinski definition) is 0. The van der Waals surface area contributed by atoms with Crippen LogP contribution in [0.3, 0.4) is 0 Å². The fourth-order valence-electron chi connectivity index (χ4n) is 0.914. The zero-order chi connectivity index (χ0) is 11.6. The van der Waals surface area contributed by atoms with Crippen LogP contribution in [-0.4, -0.2) is 9.85 Å². The summed E-state index contributed by atoms with van der Waals surface area (Å²) in [5, 5.41) is 29.0. The van der Waals surface area contributed by atoms with E-state index in [2.05, 4.69) is 0 Å². The first-order chi connectivity index (χ1) is 6.97. The highest BCUT2D eigenvalue weighted by molar-refractivity contribution is 5.52. The average molecular weight is 211 g/mol. The van der Waals surface area contributed by atoms with Crippen LogP contribution in [0.25, 0.3) is 0 Å². The first-order valence-electron chi connectivity index (χ1n) is 3.49. The van der Waals surface area contributed by atoms with Gasteiger partial charge in [-0.3, -0.25) is 20.2 Å². The van der Waals surface area contributed by atoms with Gasteiger partial charge in [0, 0.05) is 6.07 Å². The summed E-state index contributed by atoms with van der Waals surface area (Å²) < 4.78 is 13.1. The first-order valence-corrected chi connectivity index (χ1v) is 3.49. The lowest BCUT2D eigenvalue weighted by molar-refractivity contribution is -0.395. The van der Waals surface area contributed by atoms with Gasteiger partial charge in [-0.25, -0.2) is 0 Å². The molecule has 76 valence electrons. The Balaban J connectivity index is 3.54. The van der Waals surface area contributed by atoms with Crippen molar-refractivity contribution in [3.63, 3.8) is 0 Å². The number of rotatable bonds is 2. The van der Waals surface area contributed by atoms with Crippen molar-refractivity contribution < 1.29 is 14.2 Å². The van der Waals surface area contributed by atoms with Gasteiger partial charge >= 0.3 is 5.69 Å². The summed E-state index contributed by atoms with van der Waals surface area (Å²) in [6, 6.07) is 2.41. The van der Waals surface area contributed by atoms with E-state index in [0.29, 0.717) is 12.1 Å². The molecule has 7 nitrogen and oxygen atoms in total. The third-order valence-electron chi connectivity index (χ3n) is 1.57. The number of benzene rings is 1. The monoisotopic (exact) mass is 211 g/mol. The van der Waals surface area contributed by atoms with Crippen molar-refractivity contribution in [2.45, 2.75) is 0 Å². The maximum Gasteiger partial charge on any atom is 0.313 e. The minimum atomic E-state index is -1.37. The smallest absolute Gasteiger partial charge is 0.258 e. The van der Waals surface area contributed by atoms with Crippen LogP contribution >= 0.6 is 0 Å². The predicted octanol–water partition coefficient (Wildman–Crippen LogP) is 1.51. The summed E-state index contributed by atoms with van der Waals surface area (Å²) in [5.74, 6) is -1.37. The third-order valence-corrected chi connectivity index (χ3v) is 1.57. The van der Waals surface area contributed by atoms with Gasteiger partial charge in [0.05, 0.1) is 15.9 Å². The minimum Gasteiger partial charge on any atom is -0.258 e. The molecule has 0 fully saturated rings. The molecule has 0 spiro atoms. The summed E-state index contributed by atoms with van der Waals surface area (Å²) in [5.41, 5.74) is -2.50. The molecule has 1 aromatic rings. The van der Waals surface area contributed by atoms with E-state index in [1.165, 1.54) is 6.07 Å². The lowest BCUT2D eigenvalue weighted by Crippen LogP contribution is -1.98. The minimum absolute atomic E-state index is 0.468. The Labute approximate surface area is 81.7 Å². The van der Waals surface area contributed by atoms with Crippen LogP contribution in [0.5, 0.6) is 0 Å². The molecule has 0 radical (unpaired) electrons. The summed E-state index contributed by atoms with van der Waals surface area (Å²) in [4.78, 5) is 18.5. The Bertz CT molecular complexity index is 494. The van der Waals surface area contributed by atoms with Gasteiger partial charge in [-0.15, -0.1) is 0 Å². The Kier molecular flexibility index (Phi) is 2.57. The van der Waals surface area contributed by atoms with Crippen LogP contribution in [0.4, 0.5) is 15.8 Å². The molecule has 0 amide bonds. The van der Waals surface area contributed by atoms with Crippen molar-refractivity contribution in [2.24, 2.45) is 0 Å². The number of non-ortho nitro benzene ring substituents is 1. The second-order valence-corrected chi connectivity index (χ2v) is 2.45. The van der Waals surface area contributed by atoms with Gasteiger partial charge in [0.2, 0.25) is 5.82 Å². The number of nitriles is 1. The highest BCUT2D eigenvalue weighted by Crippen LogP contribution is 2.26. The molecule has 0 aliphatic rings. The molecule has 0 N–H and O–H groups in total. The van der Waals surface area contributed by atoms with Crippen molar-refractivity contribution >= 4 is 11.4 Å². The molecular weight excluding hydrogens is 209 g/mol. The van der Waals surface area contributed by atoms with E-state index < -0.39 is 32.6 Å². The Morgan fingerprint density at radius 2 is 1.87 bits per heavy atom. The maximum atomic E-state index is 13.1. The van der Waals surface area contributed by atoms with Crippen molar-refractivity contribution in [3.05, 3.63) is 43.7 Å². The molecule has 0 unspecified atom stereocenters. The van der Waals surface area contributed by atoms with Gasteiger partial charge in [0.25, 0.3) is 5.69 Å². The summed E-state index contributed by atoms with van der Waals surface area (Å²) in [6.07, 6.45) is 0. The van der Waals surface area contributed by atoms with E-state index in [-0.39, 0.29) is 0 Å². The number of hydrogen-bond acceptors (Lipinski definition) is 5. The maximum absolute atomic E-state index is 13.1.